The van der Waals surface area contributed by atoms with E-state index in [4.69, 9.17) is 4.74 Å². The van der Waals surface area contributed by atoms with Crippen LogP contribution in [0.2, 0.25) is 0 Å². The van der Waals surface area contributed by atoms with E-state index in [2.05, 4.69) is 15.9 Å². The molecule has 0 saturated heterocycles. The highest BCUT2D eigenvalue weighted by molar-refractivity contribution is 9.09. The molecule has 0 amide bonds. The lowest BCUT2D eigenvalue weighted by Gasteiger charge is -2.13. The zero-order valence-electron chi connectivity index (χ0n) is 8.88. The van der Waals surface area contributed by atoms with Crippen molar-refractivity contribution >= 4 is 27.7 Å². The Balaban J connectivity index is 3.69. The molecule has 0 spiro atoms. The molecule has 0 heterocycles. The topological polar surface area (TPSA) is 43.4 Å². The summed E-state index contributed by atoms with van der Waals surface area (Å²) in [5.41, 5.74) is 0. The molecule has 0 aliphatic heterocycles. The minimum atomic E-state index is -0.324. The number of hydrogen-bond donors (Lipinski definition) is 0. The van der Waals surface area contributed by atoms with E-state index in [9.17, 15) is 9.59 Å². The quantitative estimate of drug-likeness (QED) is 0.546. The van der Waals surface area contributed by atoms with E-state index in [1.807, 2.05) is 20.8 Å². The molecule has 0 aromatic carbocycles. The minimum Gasteiger partial charge on any atom is -0.465 e. The van der Waals surface area contributed by atoms with Gasteiger partial charge in [-0.3, -0.25) is 9.59 Å². The van der Waals surface area contributed by atoms with Gasteiger partial charge in [-0.15, -0.1) is 0 Å². The number of carbonyl (C=O) groups is 2. The van der Waals surface area contributed by atoms with Crippen molar-refractivity contribution in [2.75, 3.05) is 11.9 Å². The molecule has 0 aromatic heterocycles. The molecule has 0 N–H and O–H groups in total. The fourth-order valence-electron chi connectivity index (χ4n) is 0.903. The Morgan fingerprint density at radius 2 is 1.86 bits per heavy atom. The lowest BCUT2D eigenvalue weighted by atomic mass is 9.92. The maximum Gasteiger partial charge on any atom is 0.316 e. The zero-order chi connectivity index (χ0) is 11.1. The maximum atomic E-state index is 11.5. The number of carbonyl (C=O) groups excluding carboxylic acids is 2. The molecule has 0 saturated carbocycles. The summed E-state index contributed by atoms with van der Waals surface area (Å²) in [4.78, 5) is 22.2. The average molecular weight is 265 g/mol. The van der Waals surface area contributed by atoms with Crippen molar-refractivity contribution in [1.29, 1.82) is 0 Å². The van der Waals surface area contributed by atoms with Crippen LogP contribution in [0, 0.1) is 11.8 Å². The van der Waals surface area contributed by atoms with Gasteiger partial charge in [0.25, 0.3) is 0 Å². The van der Waals surface area contributed by atoms with Gasteiger partial charge >= 0.3 is 5.97 Å². The van der Waals surface area contributed by atoms with Gasteiger partial charge in [0.05, 0.1) is 6.61 Å². The van der Waals surface area contributed by atoms with E-state index in [0.717, 1.165) is 0 Å². The molecule has 3 nitrogen and oxygen atoms in total. The Hall–Kier alpha value is -0.380. The summed E-state index contributed by atoms with van der Waals surface area (Å²) in [7, 11) is 0. The molecule has 0 radical (unpaired) electrons. The Bertz CT molecular complexity index is 202. The van der Waals surface area contributed by atoms with Crippen LogP contribution in [0.5, 0.6) is 0 Å². The van der Waals surface area contributed by atoms with Gasteiger partial charge in [0.2, 0.25) is 0 Å². The Kier molecular flexibility index (Phi) is 6.79. The lowest BCUT2D eigenvalue weighted by molar-refractivity contribution is -0.141. The molecule has 0 fully saturated rings. The van der Waals surface area contributed by atoms with E-state index in [0.29, 0.717) is 12.3 Å². The predicted octanol–water partition coefficient (Wildman–Crippen LogP) is 2.18. The van der Waals surface area contributed by atoms with E-state index < -0.39 is 0 Å². The molecule has 0 aliphatic carbocycles. The summed E-state index contributed by atoms with van der Waals surface area (Å²) in [5, 5.41) is 0.181. The number of ether oxygens (including phenoxy) is 1. The number of halogens is 1. The summed E-state index contributed by atoms with van der Waals surface area (Å²) in [5.74, 6) is 0.212. The number of hydrogen-bond acceptors (Lipinski definition) is 3. The first-order valence-corrected chi connectivity index (χ1v) is 5.85. The highest BCUT2D eigenvalue weighted by Gasteiger charge is 2.16. The molecule has 4 heteroatoms. The molecule has 14 heavy (non-hydrogen) atoms. The molecule has 0 aliphatic rings. The van der Waals surface area contributed by atoms with Gasteiger partial charge in [-0.2, -0.15) is 0 Å². The van der Waals surface area contributed by atoms with E-state index in [-0.39, 0.29) is 29.6 Å². The first-order valence-electron chi connectivity index (χ1n) is 4.73. The van der Waals surface area contributed by atoms with Crippen molar-refractivity contribution in [3.63, 3.8) is 0 Å². The van der Waals surface area contributed by atoms with Crippen LogP contribution in [0.15, 0.2) is 0 Å². The standard InChI is InChI=1S/C10H17BrO3/c1-7(2)8(3)9(12)4-5-14-10(13)6-11/h7-8H,4-6H2,1-3H3. The van der Waals surface area contributed by atoms with Crippen LogP contribution in [0.25, 0.3) is 0 Å². The summed E-state index contributed by atoms with van der Waals surface area (Å²) >= 11 is 2.97. The van der Waals surface area contributed by atoms with E-state index in [1.165, 1.54) is 0 Å². The van der Waals surface area contributed by atoms with Crippen molar-refractivity contribution < 1.29 is 14.3 Å². The number of ketones is 1. The maximum absolute atomic E-state index is 11.5. The normalized spacial score (nSPS) is 12.6. The summed E-state index contributed by atoms with van der Waals surface area (Å²) in [6, 6.07) is 0. The van der Waals surface area contributed by atoms with E-state index >= 15 is 0 Å². The van der Waals surface area contributed by atoms with Crippen molar-refractivity contribution in [3.05, 3.63) is 0 Å². The molecule has 82 valence electrons. The summed E-state index contributed by atoms with van der Waals surface area (Å²) < 4.78 is 4.79. The third-order valence-electron chi connectivity index (χ3n) is 2.23. The number of esters is 1. The summed E-state index contributed by atoms with van der Waals surface area (Å²) in [6.07, 6.45) is 0.318. The van der Waals surface area contributed by atoms with Crippen LogP contribution in [-0.4, -0.2) is 23.7 Å². The van der Waals surface area contributed by atoms with Crippen LogP contribution >= 0.6 is 15.9 Å². The monoisotopic (exact) mass is 264 g/mol. The van der Waals surface area contributed by atoms with Crippen molar-refractivity contribution in [2.45, 2.75) is 27.2 Å². The third-order valence-corrected chi connectivity index (χ3v) is 2.69. The number of Topliss-reactive ketones (excluding diaryl/α,β-unsaturated/α-hetero) is 1. The minimum absolute atomic E-state index is 0.0395. The second-order valence-corrected chi connectivity index (χ2v) is 4.16. The molecule has 1 unspecified atom stereocenters. The van der Waals surface area contributed by atoms with Gasteiger partial charge in [0, 0.05) is 12.3 Å². The van der Waals surface area contributed by atoms with Gasteiger partial charge in [0.15, 0.2) is 0 Å². The lowest BCUT2D eigenvalue weighted by Crippen LogP contribution is -2.19. The SMILES string of the molecule is CC(C)C(C)C(=O)CCOC(=O)CBr. The Labute approximate surface area is 93.3 Å². The van der Waals surface area contributed by atoms with Gasteiger partial charge in [-0.05, 0) is 5.92 Å². The van der Waals surface area contributed by atoms with Crippen molar-refractivity contribution in [1.82, 2.24) is 0 Å². The average Bonchev–Trinajstić information content (AvgIpc) is 2.15. The van der Waals surface area contributed by atoms with Crippen LogP contribution in [-0.2, 0) is 14.3 Å². The summed E-state index contributed by atoms with van der Waals surface area (Å²) in [6.45, 7) is 6.11. The highest BCUT2D eigenvalue weighted by Crippen LogP contribution is 2.12. The fourth-order valence-corrected chi connectivity index (χ4v) is 1.07. The predicted molar refractivity (Wildman–Crippen MR) is 58.4 cm³/mol. The molecule has 0 bridgehead atoms. The molecule has 0 rings (SSSR count). The zero-order valence-corrected chi connectivity index (χ0v) is 10.5. The number of rotatable bonds is 6. The third kappa shape index (κ3) is 5.37. The van der Waals surface area contributed by atoms with E-state index in [1.54, 1.807) is 0 Å². The molecular weight excluding hydrogens is 248 g/mol. The van der Waals surface area contributed by atoms with Gasteiger partial charge in [-0.1, -0.05) is 36.7 Å². The van der Waals surface area contributed by atoms with Gasteiger partial charge < -0.3 is 4.74 Å². The second-order valence-electron chi connectivity index (χ2n) is 3.60. The van der Waals surface area contributed by atoms with Gasteiger partial charge in [0.1, 0.15) is 11.1 Å². The molecular formula is C10H17BrO3. The molecule has 1 atom stereocenters. The van der Waals surface area contributed by atoms with Crippen molar-refractivity contribution in [3.8, 4) is 0 Å². The second kappa shape index (κ2) is 6.98. The highest BCUT2D eigenvalue weighted by atomic mass is 79.9. The van der Waals surface area contributed by atoms with Crippen LogP contribution < -0.4 is 0 Å². The van der Waals surface area contributed by atoms with Crippen LogP contribution in [0.3, 0.4) is 0 Å². The van der Waals surface area contributed by atoms with Gasteiger partial charge in [-0.25, -0.2) is 0 Å². The Morgan fingerprint density at radius 1 is 1.29 bits per heavy atom. The van der Waals surface area contributed by atoms with Crippen molar-refractivity contribution in [2.24, 2.45) is 11.8 Å². The van der Waals surface area contributed by atoms with Crippen LogP contribution in [0.1, 0.15) is 27.2 Å². The molecule has 0 aromatic rings. The largest absolute Gasteiger partial charge is 0.465 e. The first kappa shape index (κ1) is 13.6. The Morgan fingerprint density at radius 3 is 2.29 bits per heavy atom. The van der Waals surface area contributed by atoms with Crippen LogP contribution in [0.4, 0.5) is 0 Å². The number of alkyl halides is 1. The first-order chi connectivity index (χ1) is 6.49. The fraction of sp³-hybridized carbons (Fsp3) is 0.800. The smallest absolute Gasteiger partial charge is 0.316 e.